The summed E-state index contributed by atoms with van der Waals surface area (Å²) >= 11 is 1.38. The number of nitrogens with zero attached hydrogens (tertiary/aromatic N) is 1. The van der Waals surface area contributed by atoms with Gasteiger partial charge in [-0.2, -0.15) is 0 Å². The summed E-state index contributed by atoms with van der Waals surface area (Å²) < 4.78 is 0. The fourth-order valence-electron chi connectivity index (χ4n) is 2.35. The fourth-order valence-corrected chi connectivity index (χ4v) is 3.15. The van der Waals surface area contributed by atoms with Gasteiger partial charge in [-0.15, -0.1) is 11.8 Å². The van der Waals surface area contributed by atoms with Crippen molar-refractivity contribution in [3.63, 3.8) is 0 Å². The Morgan fingerprint density at radius 3 is 2.54 bits per heavy atom. The maximum absolute atomic E-state index is 12.3. The molecule has 0 aliphatic carbocycles. The van der Waals surface area contributed by atoms with E-state index in [2.05, 4.69) is 5.32 Å². The van der Waals surface area contributed by atoms with E-state index >= 15 is 0 Å². The molecule has 1 aliphatic heterocycles. The third kappa shape index (κ3) is 4.38. The van der Waals surface area contributed by atoms with Crippen molar-refractivity contribution in [1.82, 2.24) is 10.2 Å². The molecule has 7 heteroatoms. The van der Waals surface area contributed by atoms with Crippen LogP contribution in [0.2, 0.25) is 0 Å². The van der Waals surface area contributed by atoms with Crippen LogP contribution in [-0.4, -0.2) is 46.1 Å². The molecule has 2 amide bonds. The van der Waals surface area contributed by atoms with Gasteiger partial charge in [-0.1, -0.05) is 44.2 Å². The van der Waals surface area contributed by atoms with E-state index in [4.69, 9.17) is 0 Å². The highest BCUT2D eigenvalue weighted by molar-refractivity contribution is 8.03. The molecule has 0 radical (unpaired) electrons. The second-order valence-electron chi connectivity index (χ2n) is 5.79. The van der Waals surface area contributed by atoms with Gasteiger partial charge in [0.15, 0.2) is 0 Å². The zero-order valence-corrected chi connectivity index (χ0v) is 14.4. The van der Waals surface area contributed by atoms with Gasteiger partial charge in [0, 0.05) is 0 Å². The Morgan fingerprint density at radius 1 is 1.29 bits per heavy atom. The Bertz CT molecular complexity index is 658. The summed E-state index contributed by atoms with van der Waals surface area (Å²) in [5.41, 5.74) is 1.49. The van der Waals surface area contributed by atoms with Gasteiger partial charge in [0.1, 0.15) is 12.6 Å². The van der Waals surface area contributed by atoms with Crippen LogP contribution in [-0.2, 0) is 14.4 Å². The predicted octanol–water partition coefficient (Wildman–Crippen LogP) is 1.79. The monoisotopic (exact) mass is 348 g/mol. The molecule has 0 fully saturated rings. The minimum Gasteiger partial charge on any atom is -0.480 e. The van der Waals surface area contributed by atoms with Gasteiger partial charge < -0.3 is 15.3 Å². The average molecular weight is 348 g/mol. The van der Waals surface area contributed by atoms with Crippen molar-refractivity contribution in [2.24, 2.45) is 5.92 Å². The van der Waals surface area contributed by atoms with Gasteiger partial charge in [0.05, 0.1) is 11.4 Å². The first-order chi connectivity index (χ1) is 11.4. The van der Waals surface area contributed by atoms with Crippen LogP contribution in [0, 0.1) is 5.92 Å². The Labute approximate surface area is 144 Å². The van der Waals surface area contributed by atoms with Gasteiger partial charge in [-0.3, -0.25) is 9.59 Å². The van der Waals surface area contributed by atoms with Crippen molar-refractivity contribution in [1.29, 1.82) is 0 Å². The highest BCUT2D eigenvalue weighted by atomic mass is 32.2. The molecule has 128 valence electrons. The lowest BCUT2D eigenvalue weighted by Gasteiger charge is -2.29. The van der Waals surface area contributed by atoms with E-state index in [0.29, 0.717) is 5.70 Å². The molecule has 1 aromatic carbocycles. The first-order valence-corrected chi connectivity index (χ1v) is 8.64. The largest absolute Gasteiger partial charge is 0.480 e. The van der Waals surface area contributed by atoms with Crippen molar-refractivity contribution in [2.45, 2.75) is 19.9 Å². The molecule has 0 aromatic heterocycles. The van der Waals surface area contributed by atoms with Crippen molar-refractivity contribution in [3.05, 3.63) is 41.3 Å². The van der Waals surface area contributed by atoms with Crippen molar-refractivity contribution in [3.8, 4) is 0 Å². The molecule has 1 aliphatic rings. The van der Waals surface area contributed by atoms with Crippen molar-refractivity contribution >= 4 is 35.2 Å². The predicted molar refractivity (Wildman–Crippen MR) is 93.0 cm³/mol. The van der Waals surface area contributed by atoms with Crippen molar-refractivity contribution in [2.75, 3.05) is 12.3 Å². The Kier molecular flexibility index (Phi) is 6.03. The third-order valence-electron chi connectivity index (χ3n) is 3.61. The minimum absolute atomic E-state index is 0.173. The van der Waals surface area contributed by atoms with E-state index in [-0.39, 0.29) is 24.1 Å². The lowest BCUT2D eigenvalue weighted by molar-refractivity contribution is -0.143. The zero-order valence-electron chi connectivity index (χ0n) is 13.6. The molecule has 6 nitrogen and oxygen atoms in total. The number of hydrogen-bond acceptors (Lipinski definition) is 4. The number of carboxylic acids is 1. The molecule has 2 rings (SSSR count). The Morgan fingerprint density at radius 2 is 1.96 bits per heavy atom. The zero-order chi connectivity index (χ0) is 17.7. The normalized spacial score (nSPS) is 15.9. The van der Waals surface area contributed by atoms with Crippen LogP contribution in [0.4, 0.5) is 0 Å². The van der Waals surface area contributed by atoms with Crippen LogP contribution in [0.5, 0.6) is 0 Å². The molecule has 0 spiro atoms. The molecule has 1 atom stereocenters. The number of carbonyl (C=O) groups excluding carboxylic acids is 2. The average Bonchev–Trinajstić information content (AvgIpc) is 2.54. The summed E-state index contributed by atoms with van der Waals surface area (Å²) in [6, 6.07) is 8.35. The molecule has 0 saturated carbocycles. The Balaban J connectivity index is 2.14. The molecule has 1 unspecified atom stereocenters. The summed E-state index contributed by atoms with van der Waals surface area (Å²) in [4.78, 5) is 37.1. The van der Waals surface area contributed by atoms with Crippen LogP contribution >= 0.6 is 11.8 Å². The van der Waals surface area contributed by atoms with Crippen LogP contribution in [0.25, 0.3) is 5.70 Å². The standard InChI is InChI=1S/C17H20N2O4S/c1-11(2)16(17(22)23)18-14(20)8-19-13(9-24-10-15(19)21)12-6-4-3-5-7-12/h3-7,9,11,16H,8,10H2,1-2H3,(H,18,20)(H,22,23). The smallest absolute Gasteiger partial charge is 0.326 e. The fraction of sp³-hybridized carbons (Fsp3) is 0.353. The molecule has 2 N–H and O–H groups in total. The number of thioether (sulfide) groups is 1. The number of nitrogens with one attached hydrogen (secondary N) is 1. The van der Waals surface area contributed by atoms with Crippen LogP contribution < -0.4 is 5.32 Å². The number of benzene rings is 1. The van der Waals surface area contributed by atoms with Gasteiger partial charge in [-0.25, -0.2) is 4.79 Å². The lowest BCUT2D eigenvalue weighted by Crippen LogP contribution is -2.49. The first-order valence-electron chi connectivity index (χ1n) is 7.60. The van der Waals surface area contributed by atoms with E-state index in [1.165, 1.54) is 16.7 Å². The quantitative estimate of drug-likeness (QED) is 0.818. The van der Waals surface area contributed by atoms with E-state index in [1.807, 2.05) is 35.7 Å². The highest BCUT2D eigenvalue weighted by Crippen LogP contribution is 2.27. The van der Waals surface area contributed by atoms with E-state index < -0.39 is 17.9 Å². The summed E-state index contributed by atoms with van der Waals surface area (Å²) in [6.07, 6.45) is 0. The summed E-state index contributed by atoms with van der Waals surface area (Å²) in [5, 5.41) is 13.5. The molecule has 0 saturated heterocycles. The number of aliphatic carboxylic acids is 1. The second-order valence-corrected chi connectivity index (χ2v) is 6.65. The SMILES string of the molecule is CC(C)C(NC(=O)CN1C(=O)CSC=C1c1ccccc1)C(=O)O. The number of carboxylic acid groups (broad SMARTS) is 1. The van der Waals surface area contributed by atoms with Crippen LogP contribution in [0.15, 0.2) is 35.7 Å². The van der Waals surface area contributed by atoms with Crippen LogP contribution in [0.3, 0.4) is 0 Å². The highest BCUT2D eigenvalue weighted by Gasteiger charge is 2.28. The number of carbonyl (C=O) groups is 3. The molecular weight excluding hydrogens is 328 g/mol. The van der Waals surface area contributed by atoms with Crippen LogP contribution in [0.1, 0.15) is 19.4 Å². The van der Waals surface area contributed by atoms with Gasteiger partial charge in [-0.05, 0) is 16.9 Å². The number of rotatable bonds is 6. The number of hydrogen-bond donors (Lipinski definition) is 2. The topological polar surface area (TPSA) is 86.7 Å². The summed E-state index contributed by atoms with van der Waals surface area (Å²) in [6.45, 7) is 3.24. The molecular formula is C17H20N2O4S. The summed E-state index contributed by atoms with van der Waals surface area (Å²) in [5.74, 6) is -1.73. The molecule has 0 bridgehead atoms. The van der Waals surface area contributed by atoms with Gasteiger partial charge in [0.2, 0.25) is 11.8 Å². The van der Waals surface area contributed by atoms with E-state index in [0.717, 1.165) is 5.56 Å². The Hall–Kier alpha value is -2.28. The van der Waals surface area contributed by atoms with E-state index in [1.54, 1.807) is 13.8 Å². The molecule has 24 heavy (non-hydrogen) atoms. The second kappa shape index (κ2) is 8.01. The maximum Gasteiger partial charge on any atom is 0.326 e. The van der Waals surface area contributed by atoms with Crippen molar-refractivity contribution < 1.29 is 19.5 Å². The number of amides is 2. The molecule has 1 aromatic rings. The van der Waals surface area contributed by atoms with E-state index in [9.17, 15) is 19.5 Å². The third-order valence-corrected chi connectivity index (χ3v) is 4.42. The summed E-state index contributed by atoms with van der Waals surface area (Å²) in [7, 11) is 0. The minimum atomic E-state index is -1.09. The molecule has 1 heterocycles. The first kappa shape index (κ1) is 18.1. The van der Waals surface area contributed by atoms with Gasteiger partial charge in [0.25, 0.3) is 0 Å². The lowest BCUT2D eigenvalue weighted by atomic mass is 10.0. The van der Waals surface area contributed by atoms with Gasteiger partial charge >= 0.3 is 5.97 Å². The maximum atomic E-state index is 12.3.